The monoisotopic (exact) mass is 389 g/mol. The second kappa shape index (κ2) is 7.90. The van der Waals surface area contributed by atoms with Crippen molar-refractivity contribution in [3.8, 4) is 5.75 Å². The van der Waals surface area contributed by atoms with E-state index in [1.165, 1.54) is 18.2 Å². The number of nitrogens with one attached hydrogen (secondary N) is 1. The van der Waals surface area contributed by atoms with Gasteiger partial charge in [-0.15, -0.1) is 0 Å². The normalized spacial score (nSPS) is 11.9. The third-order valence-electron chi connectivity index (χ3n) is 3.29. The predicted octanol–water partition coefficient (Wildman–Crippen LogP) is 1.92. The average Bonchev–Trinajstić information content (AvgIpc) is 2.57. The molecule has 2 rings (SSSR count). The Morgan fingerprint density at radius 2 is 1.85 bits per heavy atom. The van der Waals surface area contributed by atoms with Crippen molar-refractivity contribution in [3.63, 3.8) is 0 Å². The van der Waals surface area contributed by atoms with E-state index in [2.05, 4.69) is 0 Å². The Labute approximate surface area is 146 Å². The van der Waals surface area contributed by atoms with Crippen molar-refractivity contribution >= 4 is 18.8 Å². The third-order valence-corrected chi connectivity index (χ3v) is 4.29. The van der Waals surface area contributed by atoms with Crippen LogP contribution in [0.15, 0.2) is 48.5 Å². The largest absolute Gasteiger partial charge is 0.483 e. The highest BCUT2D eigenvalue weighted by Crippen LogP contribution is 2.37. The summed E-state index contributed by atoms with van der Waals surface area (Å²) in [6, 6.07) is 9.02. The maximum Gasteiger partial charge on any atom is 0.359 e. The number of ether oxygens (including phenoxy) is 1. The minimum absolute atomic E-state index is 0.229. The zero-order valence-electron chi connectivity index (χ0n) is 13.2. The Balaban J connectivity index is 1.95. The first-order valence-corrected chi connectivity index (χ1v) is 8.89. The fourth-order valence-electron chi connectivity index (χ4n) is 2.04. The lowest BCUT2D eigenvalue weighted by Gasteiger charge is -2.18. The van der Waals surface area contributed by atoms with E-state index in [4.69, 9.17) is 4.74 Å². The van der Waals surface area contributed by atoms with Crippen molar-refractivity contribution in [1.82, 2.24) is 5.32 Å². The van der Waals surface area contributed by atoms with Gasteiger partial charge in [-0.25, -0.2) is 4.39 Å². The molecule has 140 valence electrons. The second-order valence-electron chi connectivity index (χ2n) is 5.29. The Bertz CT molecular complexity index is 840. The third kappa shape index (κ3) is 5.32. The minimum Gasteiger partial charge on any atom is -0.483 e. The van der Waals surface area contributed by atoms with Crippen LogP contribution in [0.2, 0.25) is 0 Å². The molecule has 0 aliphatic heterocycles. The van der Waals surface area contributed by atoms with Crippen LogP contribution in [0.5, 0.6) is 5.75 Å². The Kier molecular flexibility index (Phi) is 6.07. The molecule has 0 saturated heterocycles. The maximum atomic E-state index is 14.0. The summed E-state index contributed by atoms with van der Waals surface area (Å²) in [5.74, 6) is -5.48. The zero-order valence-corrected chi connectivity index (χ0v) is 14.1. The minimum atomic E-state index is -4.61. The topological polar surface area (TPSA) is 95.9 Å². The molecule has 0 aliphatic rings. The van der Waals surface area contributed by atoms with Crippen LogP contribution in [0.25, 0.3) is 0 Å². The molecule has 0 spiro atoms. The highest BCUT2D eigenvalue weighted by molar-refractivity contribution is 7.60. The number of halogens is 3. The molecule has 2 aromatic rings. The van der Waals surface area contributed by atoms with Crippen LogP contribution in [-0.4, -0.2) is 28.8 Å². The molecule has 2 aromatic carbocycles. The molecule has 0 bridgehead atoms. The predicted molar refractivity (Wildman–Crippen MR) is 86.9 cm³/mol. The summed E-state index contributed by atoms with van der Waals surface area (Å²) in [5.41, 5.74) is -0.592. The SMILES string of the molecule is O=C(COc1ccccc1P(=O)(O)O)NCC(F)(F)c1cccc(F)c1. The maximum absolute atomic E-state index is 14.0. The average molecular weight is 389 g/mol. The molecule has 0 aromatic heterocycles. The van der Waals surface area contributed by atoms with Gasteiger partial charge in [0.1, 0.15) is 16.9 Å². The molecule has 26 heavy (non-hydrogen) atoms. The lowest BCUT2D eigenvalue weighted by Crippen LogP contribution is -2.37. The van der Waals surface area contributed by atoms with Crippen LogP contribution in [0.3, 0.4) is 0 Å². The zero-order chi connectivity index (χ0) is 19.4. The van der Waals surface area contributed by atoms with Crippen molar-refractivity contribution in [2.24, 2.45) is 0 Å². The number of para-hydroxylation sites is 1. The second-order valence-corrected chi connectivity index (χ2v) is 6.86. The fourth-order valence-corrected chi connectivity index (χ4v) is 2.75. The van der Waals surface area contributed by atoms with Gasteiger partial charge in [0.2, 0.25) is 0 Å². The lowest BCUT2D eigenvalue weighted by molar-refractivity contribution is -0.125. The number of amides is 1. The quantitative estimate of drug-likeness (QED) is 0.629. The summed E-state index contributed by atoms with van der Waals surface area (Å²) in [6.07, 6.45) is 0. The van der Waals surface area contributed by atoms with E-state index in [1.807, 2.05) is 5.32 Å². The van der Waals surface area contributed by atoms with Gasteiger partial charge in [0.15, 0.2) is 6.61 Å². The first-order chi connectivity index (χ1) is 12.1. The Morgan fingerprint density at radius 3 is 2.50 bits per heavy atom. The Morgan fingerprint density at radius 1 is 1.15 bits per heavy atom. The summed E-state index contributed by atoms with van der Waals surface area (Å²) in [6.45, 7) is -1.81. The molecule has 6 nitrogen and oxygen atoms in total. The molecule has 10 heteroatoms. The number of alkyl halides is 2. The van der Waals surface area contributed by atoms with E-state index in [1.54, 1.807) is 0 Å². The van der Waals surface area contributed by atoms with Gasteiger partial charge in [-0.2, -0.15) is 8.78 Å². The molecule has 0 atom stereocenters. The number of benzene rings is 2. The van der Waals surface area contributed by atoms with Crippen LogP contribution >= 0.6 is 7.60 Å². The lowest BCUT2D eigenvalue weighted by atomic mass is 10.1. The van der Waals surface area contributed by atoms with E-state index in [0.717, 1.165) is 24.3 Å². The molecular weight excluding hydrogens is 374 g/mol. The molecule has 0 unspecified atom stereocenters. The molecule has 0 heterocycles. The number of carbonyl (C=O) groups is 1. The van der Waals surface area contributed by atoms with Gasteiger partial charge in [0.25, 0.3) is 11.8 Å². The van der Waals surface area contributed by atoms with E-state index in [9.17, 15) is 32.3 Å². The first-order valence-electron chi connectivity index (χ1n) is 7.28. The van der Waals surface area contributed by atoms with Gasteiger partial charge in [-0.05, 0) is 24.3 Å². The fraction of sp³-hybridized carbons (Fsp3) is 0.188. The van der Waals surface area contributed by atoms with Gasteiger partial charge in [0, 0.05) is 5.56 Å². The molecule has 0 aliphatic carbocycles. The highest BCUT2D eigenvalue weighted by Gasteiger charge is 2.32. The van der Waals surface area contributed by atoms with Crippen molar-refractivity contribution in [2.45, 2.75) is 5.92 Å². The number of hydrogen-bond donors (Lipinski definition) is 3. The van der Waals surface area contributed by atoms with E-state index in [-0.39, 0.29) is 5.75 Å². The van der Waals surface area contributed by atoms with E-state index < -0.39 is 49.3 Å². The van der Waals surface area contributed by atoms with Crippen molar-refractivity contribution in [3.05, 3.63) is 59.9 Å². The van der Waals surface area contributed by atoms with Gasteiger partial charge in [-0.1, -0.05) is 24.3 Å². The molecule has 1 amide bonds. The number of hydrogen-bond acceptors (Lipinski definition) is 3. The summed E-state index contributed by atoms with van der Waals surface area (Å²) >= 11 is 0. The molecule has 0 radical (unpaired) electrons. The van der Waals surface area contributed by atoms with Gasteiger partial charge < -0.3 is 19.8 Å². The number of carbonyl (C=O) groups excluding carboxylic acids is 1. The molecule has 0 fully saturated rings. The van der Waals surface area contributed by atoms with Crippen LogP contribution in [0, 0.1) is 5.82 Å². The van der Waals surface area contributed by atoms with Crippen LogP contribution < -0.4 is 15.4 Å². The Hall–Kier alpha value is -2.35. The van der Waals surface area contributed by atoms with Crippen LogP contribution in [0.4, 0.5) is 13.2 Å². The summed E-state index contributed by atoms with van der Waals surface area (Å²) < 4.78 is 57.3. The summed E-state index contributed by atoms with van der Waals surface area (Å²) in [7, 11) is -4.61. The van der Waals surface area contributed by atoms with E-state index in [0.29, 0.717) is 6.07 Å². The smallest absolute Gasteiger partial charge is 0.359 e. The van der Waals surface area contributed by atoms with Crippen LogP contribution in [0.1, 0.15) is 5.56 Å². The van der Waals surface area contributed by atoms with Gasteiger partial charge in [-0.3, -0.25) is 9.36 Å². The standard InChI is InChI=1S/C16H15F3NO5P/c17-12-5-3-4-11(8-12)16(18,19)10-20-15(21)9-25-13-6-1-2-7-14(13)26(22,23)24/h1-8H,9-10H2,(H,20,21)(H2,22,23,24). The molecular formula is C16H15F3NO5P. The first kappa shape index (κ1) is 20.0. The summed E-state index contributed by atoms with van der Waals surface area (Å²) in [4.78, 5) is 30.1. The van der Waals surface area contributed by atoms with Crippen molar-refractivity contribution in [2.75, 3.05) is 13.2 Å². The van der Waals surface area contributed by atoms with Crippen molar-refractivity contribution < 1.29 is 37.1 Å². The number of rotatable bonds is 7. The van der Waals surface area contributed by atoms with Crippen LogP contribution in [-0.2, 0) is 15.3 Å². The molecule has 3 N–H and O–H groups in total. The van der Waals surface area contributed by atoms with Gasteiger partial charge >= 0.3 is 7.60 Å². The highest BCUT2D eigenvalue weighted by atomic mass is 31.2. The molecule has 0 saturated carbocycles. The van der Waals surface area contributed by atoms with Crippen molar-refractivity contribution in [1.29, 1.82) is 0 Å². The van der Waals surface area contributed by atoms with E-state index >= 15 is 0 Å². The van der Waals surface area contributed by atoms with Gasteiger partial charge in [0.05, 0.1) is 6.54 Å². The summed E-state index contributed by atoms with van der Waals surface area (Å²) in [5, 5.41) is 1.52.